The highest BCUT2D eigenvalue weighted by molar-refractivity contribution is 6.36. The number of likely N-dealkylation sites (N-methyl/N-ethyl adjacent to an activating group) is 1. The lowest BCUT2D eigenvalue weighted by Gasteiger charge is -2.38. The maximum absolute atomic E-state index is 12.9. The number of carbonyl (C=O) groups excluding carboxylic acids is 1. The zero-order valence-corrected chi connectivity index (χ0v) is 17.8. The number of carboxylic acid groups (broad SMARTS) is 2. The highest BCUT2D eigenvalue weighted by atomic mass is 35.5. The van der Waals surface area contributed by atoms with E-state index < -0.39 is 41.3 Å². The van der Waals surface area contributed by atoms with Crippen LogP contribution in [0.3, 0.4) is 0 Å². The molecule has 0 bridgehead atoms. The molecule has 0 saturated heterocycles. The van der Waals surface area contributed by atoms with Crippen LogP contribution in [0.25, 0.3) is 5.57 Å². The van der Waals surface area contributed by atoms with Gasteiger partial charge >= 0.3 is 17.9 Å². The van der Waals surface area contributed by atoms with Gasteiger partial charge in [-0.3, -0.25) is 0 Å². The Morgan fingerprint density at radius 3 is 2.24 bits per heavy atom. The minimum absolute atomic E-state index is 0.0205. The van der Waals surface area contributed by atoms with E-state index in [0.717, 1.165) is 0 Å². The Bertz CT molecular complexity index is 935. The molecule has 1 heterocycles. The van der Waals surface area contributed by atoms with Crippen molar-refractivity contribution in [1.82, 2.24) is 4.90 Å². The van der Waals surface area contributed by atoms with Crippen molar-refractivity contribution in [2.24, 2.45) is 0 Å². The summed E-state index contributed by atoms with van der Waals surface area (Å²) in [6.07, 6.45) is -0.461. The molecule has 1 unspecified atom stereocenters. The molecular weight excluding hydrogens is 421 g/mol. The molecule has 0 fully saturated rings. The van der Waals surface area contributed by atoms with Crippen LogP contribution in [0.4, 0.5) is 0 Å². The van der Waals surface area contributed by atoms with E-state index in [4.69, 9.17) is 27.9 Å². The third-order valence-electron chi connectivity index (χ3n) is 4.45. The lowest BCUT2D eigenvalue weighted by Crippen LogP contribution is -2.44. The normalized spacial score (nSPS) is 17.1. The first-order chi connectivity index (χ1) is 13.5. The van der Waals surface area contributed by atoms with Gasteiger partial charge in [-0.25, -0.2) is 14.4 Å². The number of carboxylic acids is 2. The molecule has 1 aliphatic heterocycles. The molecule has 0 spiro atoms. The van der Waals surface area contributed by atoms with Gasteiger partial charge in [0, 0.05) is 27.7 Å². The molecule has 0 amide bonds. The molecule has 0 aliphatic carbocycles. The van der Waals surface area contributed by atoms with Crippen LogP contribution in [-0.4, -0.2) is 51.7 Å². The van der Waals surface area contributed by atoms with Gasteiger partial charge in [-0.2, -0.15) is 0 Å². The molecule has 0 saturated carbocycles. The number of rotatable bonds is 6. The van der Waals surface area contributed by atoms with Gasteiger partial charge in [0.15, 0.2) is 0 Å². The number of ether oxygens (including phenoxy) is 1. The van der Waals surface area contributed by atoms with Crippen molar-refractivity contribution >= 4 is 46.7 Å². The summed E-state index contributed by atoms with van der Waals surface area (Å²) in [6.45, 7) is 6.78. The number of hydrogen-bond acceptors (Lipinski definition) is 5. The van der Waals surface area contributed by atoms with Crippen LogP contribution >= 0.6 is 23.2 Å². The summed E-state index contributed by atoms with van der Waals surface area (Å²) in [5.74, 6) is -3.66. The maximum Gasteiger partial charge on any atom is 0.353 e. The number of carbonyl (C=O) groups is 3. The van der Waals surface area contributed by atoms with Crippen molar-refractivity contribution < 1.29 is 29.3 Å². The van der Waals surface area contributed by atoms with Crippen molar-refractivity contribution in [3.05, 3.63) is 50.7 Å². The number of benzene rings is 1. The maximum atomic E-state index is 12.9. The summed E-state index contributed by atoms with van der Waals surface area (Å²) < 4.78 is 5.34. The van der Waals surface area contributed by atoms with Crippen molar-refractivity contribution in [2.45, 2.75) is 39.8 Å². The third-order valence-corrected chi connectivity index (χ3v) is 5.00. The summed E-state index contributed by atoms with van der Waals surface area (Å²) >= 11 is 12.3. The van der Waals surface area contributed by atoms with Gasteiger partial charge in [0.2, 0.25) is 0 Å². The standard InChI is InChI=1S/C20H21Cl2NO6/c1-5-23-10(4)14(20(28)29-9(2)3)15(12-7-6-11(21)8-13(12)22)16(18(24)25)17(23)19(26)27/h6-10H,5H2,1-4H3,(H,24,25)(H,26,27). The van der Waals surface area contributed by atoms with E-state index >= 15 is 0 Å². The lowest BCUT2D eigenvalue weighted by molar-refractivity contribution is -0.144. The zero-order valence-electron chi connectivity index (χ0n) is 16.3. The molecule has 156 valence electrons. The number of aliphatic carboxylic acids is 2. The first kappa shape index (κ1) is 22.8. The van der Waals surface area contributed by atoms with E-state index in [1.165, 1.54) is 23.1 Å². The molecule has 0 aromatic heterocycles. The van der Waals surface area contributed by atoms with Crippen LogP contribution in [0, 0.1) is 0 Å². The monoisotopic (exact) mass is 441 g/mol. The Hall–Kier alpha value is -2.51. The second-order valence-corrected chi connectivity index (χ2v) is 7.51. The molecule has 1 aromatic rings. The molecule has 2 N–H and O–H groups in total. The number of hydrogen-bond donors (Lipinski definition) is 2. The van der Waals surface area contributed by atoms with Gasteiger partial charge in [-0.05, 0) is 39.8 Å². The Balaban J connectivity index is 2.99. The Morgan fingerprint density at radius 2 is 1.79 bits per heavy atom. The number of esters is 1. The molecule has 1 aliphatic rings. The Morgan fingerprint density at radius 1 is 1.17 bits per heavy atom. The van der Waals surface area contributed by atoms with Crippen LogP contribution in [0.5, 0.6) is 0 Å². The second-order valence-electron chi connectivity index (χ2n) is 6.66. The number of halogens is 2. The van der Waals surface area contributed by atoms with E-state index in [2.05, 4.69) is 0 Å². The fourth-order valence-electron chi connectivity index (χ4n) is 3.35. The Labute approximate surface area is 178 Å². The predicted molar refractivity (Wildman–Crippen MR) is 109 cm³/mol. The summed E-state index contributed by atoms with van der Waals surface area (Å²) in [6, 6.07) is 3.58. The van der Waals surface area contributed by atoms with Crippen LogP contribution in [0.2, 0.25) is 10.0 Å². The molecule has 1 atom stereocenters. The molecule has 9 heteroatoms. The van der Waals surface area contributed by atoms with E-state index in [-0.39, 0.29) is 28.3 Å². The third kappa shape index (κ3) is 4.41. The first-order valence-corrected chi connectivity index (χ1v) is 9.65. The van der Waals surface area contributed by atoms with Gasteiger partial charge < -0.3 is 19.8 Å². The fourth-order valence-corrected chi connectivity index (χ4v) is 3.85. The van der Waals surface area contributed by atoms with E-state index in [1.807, 2.05) is 0 Å². The minimum Gasteiger partial charge on any atom is -0.478 e. The summed E-state index contributed by atoms with van der Waals surface area (Å²) in [5, 5.41) is 20.1. The van der Waals surface area contributed by atoms with Crippen LogP contribution in [0.15, 0.2) is 35.0 Å². The highest BCUT2D eigenvalue weighted by Gasteiger charge is 2.42. The topological polar surface area (TPSA) is 104 Å². The summed E-state index contributed by atoms with van der Waals surface area (Å²) in [5.41, 5.74) is -0.830. The predicted octanol–water partition coefficient (Wildman–Crippen LogP) is 3.85. The molecule has 29 heavy (non-hydrogen) atoms. The van der Waals surface area contributed by atoms with Crippen molar-refractivity contribution in [1.29, 1.82) is 0 Å². The summed E-state index contributed by atoms with van der Waals surface area (Å²) in [4.78, 5) is 38.5. The van der Waals surface area contributed by atoms with E-state index in [9.17, 15) is 24.6 Å². The van der Waals surface area contributed by atoms with Gasteiger partial charge in [-0.15, -0.1) is 0 Å². The van der Waals surface area contributed by atoms with E-state index in [0.29, 0.717) is 5.02 Å². The van der Waals surface area contributed by atoms with Gasteiger partial charge in [0.05, 0.1) is 23.3 Å². The molecule has 7 nitrogen and oxygen atoms in total. The van der Waals surface area contributed by atoms with Crippen molar-refractivity contribution in [3.8, 4) is 0 Å². The van der Waals surface area contributed by atoms with Crippen LogP contribution in [-0.2, 0) is 19.1 Å². The molecule has 2 rings (SSSR count). The SMILES string of the molecule is CCN1C(C(=O)O)=C(C(=O)O)C(c2ccc(Cl)cc2Cl)=C(C(=O)OC(C)C)C1C. The fraction of sp³-hybridized carbons (Fsp3) is 0.350. The zero-order chi connectivity index (χ0) is 22.0. The van der Waals surface area contributed by atoms with Crippen molar-refractivity contribution in [2.75, 3.05) is 6.54 Å². The largest absolute Gasteiger partial charge is 0.478 e. The van der Waals surface area contributed by atoms with Gasteiger partial charge in [-0.1, -0.05) is 29.3 Å². The molecular formula is C20H21Cl2NO6. The van der Waals surface area contributed by atoms with Crippen LogP contribution < -0.4 is 0 Å². The molecule has 1 aromatic carbocycles. The quantitative estimate of drug-likeness (QED) is 0.645. The summed E-state index contributed by atoms with van der Waals surface area (Å²) in [7, 11) is 0. The van der Waals surface area contributed by atoms with Gasteiger partial charge in [0.1, 0.15) is 5.70 Å². The van der Waals surface area contributed by atoms with E-state index in [1.54, 1.807) is 27.7 Å². The highest BCUT2D eigenvalue weighted by Crippen LogP contribution is 2.42. The molecule has 0 radical (unpaired) electrons. The van der Waals surface area contributed by atoms with Gasteiger partial charge in [0.25, 0.3) is 0 Å². The Kier molecular flexibility index (Phi) is 6.97. The number of nitrogens with zero attached hydrogens (tertiary/aromatic N) is 1. The first-order valence-electron chi connectivity index (χ1n) is 8.89. The lowest BCUT2D eigenvalue weighted by atomic mass is 9.84. The smallest absolute Gasteiger partial charge is 0.353 e. The average molecular weight is 442 g/mol. The van der Waals surface area contributed by atoms with Crippen molar-refractivity contribution in [3.63, 3.8) is 0 Å². The van der Waals surface area contributed by atoms with Crippen LogP contribution in [0.1, 0.15) is 33.3 Å². The average Bonchev–Trinajstić information content (AvgIpc) is 2.59. The minimum atomic E-state index is -1.50. The second kappa shape index (κ2) is 8.88.